The van der Waals surface area contributed by atoms with Crippen molar-refractivity contribution >= 4 is 29.6 Å². The highest BCUT2D eigenvalue weighted by Crippen LogP contribution is 2.23. The van der Waals surface area contributed by atoms with Gasteiger partial charge in [0, 0.05) is 18.5 Å². The number of carbonyl (C=O) groups is 3. The highest BCUT2D eigenvalue weighted by atomic mass is 19.1. The van der Waals surface area contributed by atoms with Crippen LogP contribution >= 0.6 is 0 Å². The van der Waals surface area contributed by atoms with Crippen molar-refractivity contribution in [1.82, 2.24) is 15.3 Å². The van der Waals surface area contributed by atoms with Gasteiger partial charge in [-0.15, -0.1) is 0 Å². The Hall–Kier alpha value is -3.96. The molecule has 0 saturated carbocycles. The van der Waals surface area contributed by atoms with Gasteiger partial charge in [0.15, 0.2) is 6.17 Å². The molecule has 0 fully saturated rings. The third-order valence-electron chi connectivity index (χ3n) is 6.13. The minimum Gasteiger partial charge on any atom is -0.461 e. The molecule has 2 heterocycles. The molecule has 0 saturated heterocycles. The number of nitrogens with two attached hydrogens (primary N) is 1. The second kappa shape index (κ2) is 13.2. The number of nitrogens with zero attached hydrogens (tertiary/aromatic N) is 1. The molecule has 3 rings (SSSR count). The van der Waals surface area contributed by atoms with Gasteiger partial charge in [-0.25, -0.2) is 14.0 Å². The monoisotopic (exact) mass is 545 g/mol. The van der Waals surface area contributed by atoms with Crippen LogP contribution in [-0.4, -0.2) is 58.8 Å². The number of esters is 2. The number of anilines is 2. The fourth-order valence-corrected chi connectivity index (χ4v) is 4.23. The van der Waals surface area contributed by atoms with Crippen LogP contribution in [0.5, 0.6) is 0 Å². The molecule has 1 unspecified atom stereocenters. The summed E-state index contributed by atoms with van der Waals surface area (Å²) < 4.78 is 24.5. The Balaban J connectivity index is 1.59. The maximum absolute atomic E-state index is 14.5. The van der Waals surface area contributed by atoms with Gasteiger partial charge < -0.3 is 25.8 Å². The van der Waals surface area contributed by atoms with E-state index in [0.717, 1.165) is 12.0 Å². The van der Waals surface area contributed by atoms with Crippen LogP contribution in [0.4, 0.5) is 16.2 Å². The smallest absolute Gasteiger partial charge is 0.341 e. The van der Waals surface area contributed by atoms with Gasteiger partial charge in [-0.3, -0.25) is 14.6 Å². The first-order valence-electron chi connectivity index (χ1n) is 13.0. The van der Waals surface area contributed by atoms with Crippen LogP contribution in [-0.2, 0) is 31.9 Å². The molecule has 2 aromatic rings. The molecule has 39 heavy (non-hydrogen) atoms. The van der Waals surface area contributed by atoms with Crippen LogP contribution in [0.3, 0.4) is 0 Å². The molecule has 0 radical (unpaired) electrons. The molecule has 11 nitrogen and oxygen atoms in total. The molecule has 1 aromatic heterocycles. The van der Waals surface area contributed by atoms with E-state index in [1.54, 1.807) is 52.0 Å². The number of nitrogens with one attached hydrogen (secondary N) is 3. The van der Waals surface area contributed by atoms with E-state index >= 15 is 0 Å². The van der Waals surface area contributed by atoms with Crippen LogP contribution < -0.4 is 21.9 Å². The number of hydrogen-bond donors (Lipinski definition) is 4. The zero-order valence-electron chi connectivity index (χ0n) is 22.6. The van der Waals surface area contributed by atoms with E-state index in [2.05, 4.69) is 20.6 Å². The minimum absolute atomic E-state index is 0.0788. The quantitative estimate of drug-likeness (QED) is 0.310. The number of aryl methyl sites for hydroxylation is 1. The van der Waals surface area contributed by atoms with E-state index in [9.17, 15) is 23.6 Å². The third-order valence-corrected chi connectivity index (χ3v) is 6.13. The number of benzene rings is 1. The standard InChI is InChI=1S/C27H36FN5O6/c1-14(2)38-25(36)20(28)12-21(26(37)39-15(3)4)31-23(34)18-9-7-16(8-10-18)5-6-17-11-19-22(30-13-17)32-27(29)33-24(19)35/h7-10,14-15,17,20-21H,5-6,11-13H2,1-4H3,(H,31,34)(H4,29,30,32,33,35)/t17?,20-,21-/m0/s1. The van der Waals surface area contributed by atoms with Crippen molar-refractivity contribution < 1.29 is 28.2 Å². The van der Waals surface area contributed by atoms with E-state index in [4.69, 9.17) is 15.2 Å². The topological polar surface area (TPSA) is 166 Å². The molecule has 0 bridgehead atoms. The van der Waals surface area contributed by atoms with Crippen LogP contribution in [0, 0.1) is 5.92 Å². The average molecular weight is 546 g/mol. The molecule has 1 aliphatic heterocycles. The van der Waals surface area contributed by atoms with Crippen molar-refractivity contribution in [3.05, 3.63) is 51.3 Å². The molecule has 1 aromatic carbocycles. The molecule has 3 atom stereocenters. The van der Waals surface area contributed by atoms with E-state index < -0.39 is 48.7 Å². The normalized spacial score (nSPS) is 16.1. The number of aromatic amines is 1. The highest BCUT2D eigenvalue weighted by molar-refractivity contribution is 5.97. The molecule has 1 amide bonds. The zero-order valence-corrected chi connectivity index (χ0v) is 22.6. The first-order valence-corrected chi connectivity index (χ1v) is 13.0. The fourth-order valence-electron chi connectivity index (χ4n) is 4.23. The number of halogens is 1. The number of ether oxygens (including phenoxy) is 2. The van der Waals surface area contributed by atoms with Crippen molar-refractivity contribution in [2.45, 2.75) is 77.8 Å². The van der Waals surface area contributed by atoms with Gasteiger partial charge in [-0.1, -0.05) is 12.1 Å². The zero-order chi connectivity index (χ0) is 28.7. The Kier molecular flexibility index (Phi) is 10.0. The summed E-state index contributed by atoms with van der Waals surface area (Å²) in [5.41, 5.74) is 7.20. The van der Waals surface area contributed by atoms with Gasteiger partial charge in [0.1, 0.15) is 11.9 Å². The summed E-state index contributed by atoms with van der Waals surface area (Å²) in [6, 6.07) is 5.45. The number of amides is 1. The first kappa shape index (κ1) is 29.6. The number of hydrogen-bond acceptors (Lipinski definition) is 9. The molecular formula is C27H36FN5O6. The molecule has 1 aliphatic rings. The summed E-state index contributed by atoms with van der Waals surface area (Å²) in [5, 5.41) is 5.65. The Bertz CT molecular complexity index is 1230. The second-order valence-electron chi connectivity index (χ2n) is 10.2. The van der Waals surface area contributed by atoms with E-state index in [0.29, 0.717) is 30.8 Å². The number of H-pyrrole nitrogens is 1. The van der Waals surface area contributed by atoms with E-state index in [1.807, 2.05) is 0 Å². The van der Waals surface area contributed by atoms with Crippen LogP contribution in [0.25, 0.3) is 0 Å². The molecule has 12 heteroatoms. The average Bonchev–Trinajstić information content (AvgIpc) is 2.86. The summed E-state index contributed by atoms with van der Waals surface area (Å²) in [5.74, 6) is -1.72. The van der Waals surface area contributed by atoms with E-state index in [1.165, 1.54) is 0 Å². The van der Waals surface area contributed by atoms with Crippen molar-refractivity contribution in [2.75, 3.05) is 17.6 Å². The number of aromatic nitrogens is 2. The molecular weight excluding hydrogens is 509 g/mol. The number of fused-ring (bicyclic) bond motifs is 1. The van der Waals surface area contributed by atoms with Gasteiger partial charge in [0.25, 0.3) is 11.5 Å². The molecule has 5 N–H and O–H groups in total. The minimum atomic E-state index is -2.11. The van der Waals surface area contributed by atoms with E-state index in [-0.39, 0.29) is 23.0 Å². The Labute approximate surface area is 226 Å². The lowest BCUT2D eigenvalue weighted by atomic mass is 9.91. The SMILES string of the molecule is CC(C)OC(=O)[C@H](C[C@H](F)C(=O)OC(C)C)NC(=O)c1ccc(CCC2CNc3nc(N)[nH]c(=O)c3C2)cc1. The molecule has 212 valence electrons. The van der Waals surface area contributed by atoms with Crippen molar-refractivity contribution in [2.24, 2.45) is 5.92 Å². The Morgan fingerprint density at radius 2 is 1.74 bits per heavy atom. The van der Waals surface area contributed by atoms with Crippen LogP contribution in [0.2, 0.25) is 0 Å². The summed E-state index contributed by atoms with van der Waals surface area (Å²) in [6.07, 6.45) is -1.62. The summed E-state index contributed by atoms with van der Waals surface area (Å²) in [4.78, 5) is 56.1. The predicted octanol–water partition coefficient (Wildman–Crippen LogP) is 2.30. The largest absolute Gasteiger partial charge is 0.461 e. The lowest BCUT2D eigenvalue weighted by molar-refractivity contribution is -0.155. The predicted molar refractivity (Wildman–Crippen MR) is 143 cm³/mol. The summed E-state index contributed by atoms with van der Waals surface area (Å²) in [6.45, 7) is 7.09. The van der Waals surface area contributed by atoms with Crippen LogP contribution in [0.15, 0.2) is 29.1 Å². The van der Waals surface area contributed by atoms with Gasteiger partial charge in [-0.2, -0.15) is 4.98 Å². The summed E-state index contributed by atoms with van der Waals surface area (Å²) in [7, 11) is 0. The number of nitrogen functional groups attached to an aromatic ring is 1. The van der Waals surface area contributed by atoms with Gasteiger partial charge in [-0.05, 0) is 70.6 Å². The maximum Gasteiger partial charge on any atom is 0.341 e. The number of alkyl halides is 1. The third kappa shape index (κ3) is 8.52. The number of rotatable bonds is 11. The van der Waals surface area contributed by atoms with Gasteiger partial charge in [0.05, 0.1) is 17.8 Å². The lowest BCUT2D eigenvalue weighted by Gasteiger charge is -2.24. The molecule has 0 spiro atoms. The second-order valence-corrected chi connectivity index (χ2v) is 10.2. The Morgan fingerprint density at radius 3 is 2.38 bits per heavy atom. The number of carbonyl (C=O) groups excluding carboxylic acids is 3. The lowest BCUT2D eigenvalue weighted by Crippen LogP contribution is -2.45. The molecule has 0 aliphatic carbocycles. The van der Waals surface area contributed by atoms with Gasteiger partial charge in [0.2, 0.25) is 5.95 Å². The van der Waals surface area contributed by atoms with Crippen molar-refractivity contribution in [3.8, 4) is 0 Å². The van der Waals surface area contributed by atoms with Crippen LogP contribution in [0.1, 0.15) is 62.0 Å². The fraction of sp³-hybridized carbons (Fsp3) is 0.519. The maximum atomic E-state index is 14.5. The van der Waals surface area contributed by atoms with Crippen molar-refractivity contribution in [1.29, 1.82) is 0 Å². The highest BCUT2D eigenvalue weighted by Gasteiger charge is 2.32. The Morgan fingerprint density at radius 1 is 1.10 bits per heavy atom. The summed E-state index contributed by atoms with van der Waals surface area (Å²) >= 11 is 0. The first-order chi connectivity index (χ1) is 18.4. The van der Waals surface area contributed by atoms with Crippen molar-refractivity contribution in [3.63, 3.8) is 0 Å². The van der Waals surface area contributed by atoms with Gasteiger partial charge >= 0.3 is 11.9 Å².